The first kappa shape index (κ1) is 17.8. The Hall–Kier alpha value is -3.59. The van der Waals surface area contributed by atoms with E-state index in [1.165, 1.54) is 0 Å². The Morgan fingerprint density at radius 3 is 2.64 bits per heavy atom. The van der Waals surface area contributed by atoms with Gasteiger partial charge in [-0.2, -0.15) is 5.26 Å². The highest BCUT2D eigenvalue weighted by Crippen LogP contribution is 2.29. The van der Waals surface area contributed by atoms with Crippen molar-refractivity contribution in [2.24, 2.45) is 5.92 Å². The minimum Gasteiger partial charge on any atom is -0.493 e. The van der Waals surface area contributed by atoms with Crippen molar-refractivity contribution in [2.75, 3.05) is 6.61 Å². The number of benzene rings is 2. The van der Waals surface area contributed by atoms with E-state index in [9.17, 15) is 4.79 Å². The van der Waals surface area contributed by atoms with Gasteiger partial charge in [-0.3, -0.25) is 4.79 Å². The molecule has 0 atom stereocenters. The smallest absolute Gasteiger partial charge is 0.290 e. The van der Waals surface area contributed by atoms with Gasteiger partial charge in [0.2, 0.25) is 5.76 Å². The highest BCUT2D eigenvalue weighted by Gasteiger charge is 2.31. The van der Waals surface area contributed by atoms with E-state index < -0.39 is 0 Å². The van der Waals surface area contributed by atoms with Gasteiger partial charge in [0.15, 0.2) is 0 Å². The summed E-state index contributed by atoms with van der Waals surface area (Å²) in [5, 5.41) is 15.8. The Morgan fingerprint density at radius 2 is 1.93 bits per heavy atom. The number of carbonyl (C=O) groups is 1. The van der Waals surface area contributed by atoms with Gasteiger partial charge in [-0.25, -0.2) is 0 Å². The molecule has 1 fully saturated rings. The fourth-order valence-electron chi connectivity index (χ4n) is 3.21. The largest absolute Gasteiger partial charge is 0.493 e. The Bertz CT molecular complexity index is 984. The number of aromatic nitrogens is 1. The quantitative estimate of drug-likeness (QED) is 0.710. The van der Waals surface area contributed by atoms with Crippen LogP contribution >= 0.6 is 0 Å². The first-order valence-corrected chi connectivity index (χ1v) is 9.17. The fraction of sp³-hybridized carbons (Fsp3) is 0.227. The van der Waals surface area contributed by atoms with Crippen LogP contribution in [-0.2, 0) is 0 Å². The molecule has 0 spiro atoms. The third kappa shape index (κ3) is 4.04. The number of carbonyl (C=O) groups excluding carboxylic acids is 1. The van der Waals surface area contributed by atoms with E-state index in [2.05, 4.69) is 16.5 Å². The van der Waals surface area contributed by atoms with E-state index in [4.69, 9.17) is 14.5 Å². The monoisotopic (exact) mass is 373 g/mol. The summed E-state index contributed by atoms with van der Waals surface area (Å²) in [4.78, 5) is 12.3. The molecule has 6 nitrogen and oxygen atoms in total. The number of hydrogen-bond donors (Lipinski definition) is 1. The maximum atomic E-state index is 12.3. The van der Waals surface area contributed by atoms with E-state index in [0.29, 0.717) is 23.8 Å². The van der Waals surface area contributed by atoms with Crippen LogP contribution < -0.4 is 10.1 Å². The number of ether oxygens (including phenoxy) is 1. The molecule has 6 heteroatoms. The lowest BCUT2D eigenvalue weighted by Crippen LogP contribution is -2.45. The second-order valence-corrected chi connectivity index (χ2v) is 6.90. The van der Waals surface area contributed by atoms with Gasteiger partial charge in [0, 0.05) is 17.7 Å². The van der Waals surface area contributed by atoms with Crippen LogP contribution in [0.2, 0.25) is 0 Å². The molecule has 28 heavy (non-hydrogen) atoms. The summed E-state index contributed by atoms with van der Waals surface area (Å²) in [7, 11) is 0. The molecule has 140 valence electrons. The molecular weight excluding hydrogens is 354 g/mol. The normalized spacial score (nSPS) is 18.0. The van der Waals surface area contributed by atoms with Crippen molar-refractivity contribution in [3.63, 3.8) is 0 Å². The molecule has 1 aliphatic carbocycles. The van der Waals surface area contributed by atoms with Gasteiger partial charge in [-0.05, 0) is 43.0 Å². The first-order valence-electron chi connectivity index (χ1n) is 9.17. The highest BCUT2D eigenvalue weighted by atomic mass is 16.5. The molecule has 1 aromatic heterocycles. The molecule has 0 saturated heterocycles. The van der Waals surface area contributed by atoms with Crippen molar-refractivity contribution >= 4 is 5.91 Å². The van der Waals surface area contributed by atoms with Crippen molar-refractivity contribution in [1.29, 1.82) is 5.26 Å². The summed E-state index contributed by atoms with van der Waals surface area (Å²) in [5.41, 5.74) is 2.17. The van der Waals surface area contributed by atoms with Crippen LogP contribution in [0.1, 0.15) is 29.0 Å². The molecule has 1 aliphatic rings. The average Bonchev–Trinajstić information content (AvgIpc) is 3.21. The molecule has 1 amide bonds. The van der Waals surface area contributed by atoms with Gasteiger partial charge in [-0.1, -0.05) is 35.5 Å². The summed E-state index contributed by atoms with van der Waals surface area (Å²) in [6.07, 6.45) is 1.73. The van der Waals surface area contributed by atoms with E-state index >= 15 is 0 Å². The SMILES string of the molecule is N#Cc1ccc(OC[C@H]2C[C@H](NC(=O)c3cc(-c4ccccc4)no3)C2)cc1. The molecule has 0 bridgehead atoms. The van der Waals surface area contributed by atoms with Crippen LogP contribution in [0.15, 0.2) is 65.2 Å². The number of hydrogen-bond acceptors (Lipinski definition) is 5. The van der Waals surface area contributed by atoms with Gasteiger partial charge in [-0.15, -0.1) is 0 Å². The van der Waals surface area contributed by atoms with Gasteiger partial charge >= 0.3 is 0 Å². The van der Waals surface area contributed by atoms with Crippen LogP contribution in [0.4, 0.5) is 0 Å². The van der Waals surface area contributed by atoms with Crippen molar-refractivity contribution in [1.82, 2.24) is 10.5 Å². The molecule has 4 rings (SSSR count). The van der Waals surface area contributed by atoms with Crippen LogP contribution in [0.25, 0.3) is 11.3 Å². The predicted octanol–water partition coefficient (Wildman–Crippen LogP) is 3.80. The molecule has 1 N–H and O–H groups in total. The minimum atomic E-state index is -0.244. The number of nitrogens with zero attached hydrogens (tertiary/aromatic N) is 2. The van der Waals surface area contributed by atoms with Gasteiger partial charge in [0.1, 0.15) is 11.4 Å². The summed E-state index contributed by atoms with van der Waals surface area (Å²) >= 11 is 0. The Labute approximate surface area is 162 Å². The lowest BCUT2D eigenvalue weighted by Gasteiger charge is -2.35. The lowest BCUT2D eigenvalue weighted by atomic mass is 9.81. The number of amides is 1. The van der Waals surface area contributed by atoms with Crippen LogP contribution in [0.5, 0.6) is 5.75 Å². The molecule has 1 saturated carbocycles. The zero-order chi connectivity index (χ0) is 19.3. The standard InChI is InChI=1S/C22H19N3O3/c23-13-15-6-8-19(9-7-15)27-14-16-10-18(11-16)24-22(26)21-12-20(25-28-21)17-4-2-1-3-5-17/h1-9,12,16,18H,10-11,14H2,(H,24,26)/t16-,18-. The van der Waals surface area contributed by atoms with Crippen molar-refractivity contribution in [2.45, 2.75) is 18.9 Å². The maximum absolute atomic E-state index is 12.3. The van der Waals surface area contributed by atoms with Gasteiger partial charge in [0.05, 0.1) is 18.2 Å². The van der Waals surface area contributed by atoms with E-state index in [1.54, 1.807) is 30.3 Å². The molecule has 0 aliphatic heterocycles. The molecule has 2 aromatic carbocycles. The molecule has 0 unspecified atom stereocenters. The zero-order valence-electron chi connectivity index (χ0n) is 15.2. The van der Waals surface area contributed by atoms with E-state index in [-0.39, 0.29) is 17.7 Å². The summed E-state index contributed by atoms with van der Waals surface area (Å²) in [6, 6.07) is 20.5. The maximum Gasteiger partial charge on any atom is 0.290 e. The van der Waals surface area contributed by atoms with Gasteiger partial charge < -0.3 is 14.6 Å². The second-order valence-electron chi connectivity index (χ2n) is 6.90. The molecule has 3 aromatic rings. The molecule has 1 heterocycles. The third-order valence-electron chi connectivity index (χ3n) is 4.84. The minimum absolute atomic E-state index is 0.118. The highest BCUT2D eigenvalue weighted by molar-refractivity contribution is 5.92. The second kappa shape index (κ2) is 7.97. The summed E-state index contributed by atoms with van der Waals surface area (Å²) in [6.45, 7) is 0.596. The van der Waals surface area contributed by atoms with E-state index in [1.807, 2.05) is 30.3 Å². The predicted molar refractivity (Wildman–Crippen MR) is 103 cm³/mol. The molecule has 0 radical (unpaired) electrons. The topological polar surface area (TPSA) is 88.1 Å². The van der Waals surface area contributed by atoms with E-state index in [0.717, 1.165) is 24.2 Å². The molecular formula is C22H19N3O3. The lowest BCUT2D eigenvalue weighted by molar-refractivity contribution is 0.0815. The average molecular weight is 373 g/mol. The van der Waals surface area contributed by atoms with Crippen molar-refractivity contribution in [3.8, 4) is 23.1 Å². The van der Waals surface area contributed by atoms with Crippen LogP contribution in [0.3, 0.4) is 0 Å². The van der Waals surface area contributed by atoms with Crippen molar-refractivity contribution < 1.29 is 14.1 Å². The first-order chi connectivity index (χ1) is 13.7. The number of rotatable bonds is 6. The van der Waals surface area contributed by atoms with Crippen molar-refractivity contribution in [3.05, 3.63) is 72.0 Å². The summed E-state index contributed by atoms with van der Waals surface area (Å²) < 4.78 is 10.9. The Morgan fingerprint density at radius 1 is 1.18 bits per heavy atom. The van der Waals surface area contributed by atoms with Crippen LogP contribution in [-0.4, -0.2) is 23.7 Å². The Kier molecular flexibility index (Phi) is 5.07. The summed E-state index contributed by atoms with van der Waals surface area (Å²) in [5.74, 6) is 1.12. The van der Waals surface area contributed by atoms with Gasteiger partial charge in [0.25, 0.3) is 5.91 Å². The number of nitrogens with one attached hydrogen (secondary N) is 1. The third-order valence-corrected chi connectivity index (χ3v) is 4.84. The Balaban J connectivity index is 1.23. The zero-order valence-corrected chi connectivity index (χ0v) is 15.2. The number of nitriles is 1. The fourth-order valence-corrected chi connectivity index (χ4v) is 3.21. The van der Waals surface area contributed by atoms with Crippen LogP contribution in [0, 0.1) is 17.2 Å².